The van der Waals surface area contributed by atoms with Crippen molar-refractivity contribution in [2.24, 2.45) is 0 Å². The summed E-state index contributed by atoms with van der Waals surface area (Å²) in [5, 5.41) is 2.68. The second-order valence-corrected chi connectivity index (χ2v) is 5.31. The Bertz CT molecular complexity index is 673. The molecule has 3 nitrogen and oxygen atoms in total. The molecule has 1 amide bonds. The molecule has 2 aromatic carbocycles. The number of aryl methyl sites for hydroxylation is 1. The van der Waals surface area contributed by atoms with E-state index in [4.69, 9.17) is 0 Å². The Morgan fingerprint density at radius 3 is 2.59 bits per heavy atom. The van der Waals surface area contributed by atoms with Gasteiger partial charge in [-0.15, -0.1) is 0 Å². The van der Waals surface area contributed by atoms with Crippen molar-refractivity contribution in [2.75, 3.05) is 18.9 Å². The highest BCUT2D eigenvalue weighted by Gasteiger charge is 2.10. The molecule has 0 aliphatic heterocycles. The molecule has 2 aromatic rings. The molecule has 0 unspecified atom stereocenters. The molecular weight excluding hydrogens is 286 g/mol. The molecule has 0 bridgehead atoms. The highest BCUT2D eigenvalue weighted by Crippen LogP contribution is 2.16. The lowest BCUT2D eigenvalue weighted by Gasteiger charge is -2.17. The standard InChI is InChI=1S/C17H18F2N2O/c1-12-6-7-15(19)9-16(12)20-17(22)11-21(2)10-13-4-3-5-14(18)8-13/h3-9H,10-11H2,1-2H3,(H,20,22). The number of hydrogen-bond acceptors (Lipinski definition) is 2. The summed E-state index contributed by atoms with van der Waals surface area (Å²) in [4.78, 5) is 13.8. The number of hydrogen-bond donors (Lipinski definition) is 1. The predicted octanol–water partition coefficient (Wildman–Crippen LogP) is 3.34. The Balaban J connectivity index is 1.92. The van der Waals surface area contributed by atoms with E-state index in [0.29, 0.717) is 12.2 Å². The molecule has 0 spiro atoms. The van der Waals surface area contributed by atoms with E-state index in [1.807, 2.05) is 0 Å². The number of nitrogens with zero attached hydrogens (tertiary/aromatic N) is 1. The number of benzene rings is 2. The lowest BCUT2D eigenvalue weighted by molar-refractivity contribution is -0.117. The topological polar surface area (TPSA) is 32.3 Å². The van der Waals surface area contributed by atoms with Gasteiger partial charge in [-0.05, 0) is 49.4 Å². The minimum atomic E-state index is -0.394. The minimum Gasteiger partial charge on any atom is -0.325 e. The van der Waals surface area contributed by atoms with Crippen molar-refractivity contribution in [3.8, 4) is 0 Å². The van der Waals surface area contributed by atoms with Crippen LogP contribution in [0.5, 0.6) is 0 Å². The normalized spacial score (nSPS) is 10.8. The first kappa shape index (κ1) is 16.1. The van der Waals surface area contributed by atoms with Gasteiger partial charge >= 0.3 is 0 Å². The first-order valence-corrected chi connectivity index (χ1v) is 6.93. The molecule has 0 atom stereocenters. The van der Waals surface area contributed by atoms with Crippen molar-refractivity contribution in [1.82, 2.24) is 4.90 Å². The third kappa shape index (κ3) is 4.63. The van der Waals surface area contributed by atoms with Crippen LogP contribution in [0.2, 0.25) is 0 Å². The van der Waals surface area contributed by atoms with E-state index in [0.717, 1.165) is 11.1 Å². The minimum absolute atomic E-state index is 0.131. The highest BCUT2D eigenvalue weighted by molar-refractivity contribution is 5.92. The Hall–Kier alpha value is -2.27. The van der Waals surface area contributed by atoms with Crippen LogP contribution in [0.4, 0.5) is 14.5 Å². The monoisotopic (exact) mass is 304 g/mol. The van der Waals surface area contributed by atoms with Crippen molar-refractivity contribution in [3.05, 3.63) is 65.2 Å². The molecule has 0 radical (unpaired) electrons. The predicted molar refractivity (Wildman–Crippen MR) is 82.5 cm³/mol. The van der Waals surface area contributed by atoms with Gasteiger partial charge in [-0.1, -0.05) is 18.2 Å². The van der Waals surface area contributed by atoms with Crippen LogP contribution in [0.1, 0.15) is 11.1 Å². The molecule has 116 valence electrons. The third-order valence-corrected chi connectivity index (χ3v) is 3.23. The third-order valence-electron chi connectivity index (χ3n) is 3.23. The first-order valence-electron chi connectivity index (χ1n) is 6.93. The summed E-state index contributed by atoms with van der Waals surface area (Å²) in [6.07, 6.45) is 0. The van der Waals surface area contributed by atoms with Gasteiger partial charge in [0.1, 0.15) is 11.6 Å². The average molecular weight is 304 g/mol. The van der Waals surface area contributed by atoms with Gasteiger partial charge < -0.3 is 5.32 Å². The first-order chi connectivity index (χ1) is 10.4. The second-order valence-electron chi connectivity index (χ2n) is 5.31. The quantitative estimate of drug-likeness (QED) is 0.919. The van der Waals surface area contributed by atoms with Crippen LogP contribution in [0.25, 0.3) is 0 Å². The molecular formula is C17H18F2N2O. The smallest absolute Gasteiger partial charge is 0.238 e. The fraction of sp³-hybridized carbons (Fsp3) is 0.235. The van der Waals surface area contributed by atoms with Crippen molar-refractivity contribution < 1.29 is 13.6 Å². The molecule has 0 aromatic heterocycles. The van der Waals surface area contributed by atoms with Gasteiger partial charge in [-0.2, -0.15) is 0 Å². The average Bonchev–Trinajstić information content (AvgIpc) is 2.42. The number of amides is 1. The zero-order valence-electron chi connectivity index (χ0n) is 12.6. The molecule has 0 saturated carbocycles. The van der Waals surface area contributed by atoms with Crippen molar-refractivity contribution in [1.29, 1.82) is 0 Å². The zero-order valence-corrected chi connectivity index (χ0v) is 12.6. The van der Waals surface area contributed by atoms with Gasteiger partial charge in [0.25, 0.3) is 0 Å². The fourth-order valence-electron chi connectivity index (χ4n) is 2.17. The summed E-state index contributed by atoms with van der Waals surface area (Å²) in [7, 11) is 1.77. The number of likely N-dealkylation sites (N-methyl/N-ethyl adjacent to an activating group) is 1. The van der Waals surface area contributed by atoms with Crippen molar-refractivity contribution >= 4 is 11.6 Å². The maximum atomic E-state index is 13.2. The number of anilines is 1. The molecule has 0 aliphatic rings. The van der Waals surface area contributed by atoms with Crippen LogP contribution in [-0.2, 0) is 11.3 Å². The number of halogens is 2. The van der Waals surface area contributed by atoms with E-state index in [9.17, 15) is 13.6 Å². The Morgan fingerprint density at radius 2 is 1.86 bits per heavy atom. The Labute approximate surface area is 128 Å². The number of carbonyl (C=O) groups is 1. The maximum Gasteiger partial charge on any atom is 0.238 e. The zero-order chi connectivity index (χ0) is 16.1. The molecule has 0 heterocycles. The van der Waals surface area contributed by atoms with E-state index in [-0.39, 0.29) is 18.3 Å². The maximum absolute atomic E-state index is 13.2. The highest BCUT2D eigenvalue weighted by atomic mass is 19.1. The molecule has 2 rings (SSSR count). The summed E-state index contributed by atoms with van der Waals surface area (Å²) in [6.45, 7) is 2.38. The summed E-state index contributed by atoms with van der Waals surface area (Å²) in [5.41, 5.74) is 2.05. The summed E-state index contributed by atoms with van der Waals surface area (Å²) in [5.74, 6) is -0.938. The second kappa shape index (κ2) is 7.13. The molecule has 0 fully saturated rings. The van der Waals surface area contributed by atoms with Gasteiger partial charge in [0.2, 0.25) is 5.91 Å². The van der Waals surface area contributed by atoms with Crippen LogP contribution >= 0.6 is 0 Å². The van der Waals surface area contributed by atoms with E-state index < -0.39 is 5.82 Å². The Morgan fingerprint density at radius 1 is 1.14 bits per heavy atom. The molecule has 1 N–H and O–H groups in total. The van der Waals surface area contributed by atoms with Gasteiger partial charge in [0.05, 0.1) is 6.54 Å². The Kier molecular flexibility index (Phi) is 5.22. The lowest BCUT2D eigenvalue weighted by atomic mass is 10.2. The van der Waals surface area contributed by atoms with Crippen LogP contribution < -0.4 is 5.32 Å². The van der Waals surface area contributed by atoms with Crippen LogP contribution in [0.3, 0.4) is 0 Å². The molecule has 0 aliphatic carbocycles. The lowest BCUT2D eigenvalue weighted by Crippen LogP contribution is -2.30. The van der Waals surface area contributed by atoms with Crippen LogP contribution in [0, 0.1) is 18.6 Å². The van der Waals surface area contributed by atoms with E-state index in [2.05, 4.69) is 5.32 Å². The molecule has 5 heteroatoms. The largest absolute Gasteiger partial charge is 0.325 e. The number of carbonyl (C=O) groups excluding carboxylic acids is 1. The van der Waals surface area contributed by atoms with E-state index in [1.54, 1.807) is 37.1 Å². The fourth-order valence-corrected chi connectivity index (χ4v) is 2.17. The van der Waals surface area contributed by atoms with E-state index >= 15 is 0 Å². The SMILES string of the molecule is Cc1ccc(F)cc1NC(=O)CN(C)Cc1cccc(F)c1. The molecule has 22 heavy (non-hydrogen) atoms. The summed E-state index contributed by atoms with van der Waals surface area (Å²) >= 11 is 0. The van der Waals surface area contributed by atoms with Gasteiger partial charge in [0, 0.05) is 12.2 Å². The number of rotatable bonds is 5. The van der Waals surface area contributed by atoms with Crippen LogP contribution in [-0.4, -0.2) is 24.4 Å². The summed E-state index contributed by atoms with van der Waals surface area (Å²) in [6, 6.07) is 10.5. The van der Waals surface area contributed by atoms with Gasteiger partial charge in [-0.25, -0.2) is 8.78 Å². The van der Waals surface area contributed by atoms with E-state index in [1.165, 1.54) is 24.3 Å². The summed E-state index contributed by atoms with van der Waals surface area (Å²) < 4.78 is 26.3. The van der Waals surface area contributed by atoms with Gasteiger partial charge in [-0.3, -0.25) is 9.69 Å². The van der Waals surface area contributed by atoms with Crippen molar-refractivity contribution in [2.45, 2.75) is 13.5 Å². The van der Waals surface area contributed by atoms with Crippen molar-refractivity contribution in [3.63, 3.8) is 0 Å². The van der Waals surface area contributed by atoms with Crippen LogP contribution in [0.15, 0.2) is 42.5 Å². The number of nitrogens with one attached hydrogen (secondary N) is 1. The molecule has 0 saturated heterocycles. The van der Waals surface area contributed by atoms with Gasteiger partial charge in [0.15, 0.2) is 0 Å².